The summed E-state index contributed by atoms with van der Waals surface area (Å²) in [5.41, 5.74) is 1.72. The van der Waals surface area contributed by atoms with E-state index >= 15 is 0 Å². The molecule has 2 amide bonds. The number of nitrogens with one attached hydrogen (secondary N) is 1. The van der Waals surface area contributed by atoms with E-state index in [2.05, 4.69) is 21.8 Å². The van der Waals surface area contributed by atoms with Crippen molar-refractivity contribution >= 4 is 21.7 Å². The average Bonchev–Trinajstić information content (AvgIpc) is 3.02. The van der Waals surface area contributed by atoms with E-state index in [0.29, 0.717) is 42.9 Å². The number of ether oxygens (including phenoxy) is 2. The van der Waals surface area contributed by atoms with Crippen LogP contribution < -0.4 is 10.1 Å². The molecule has 0 spiro atoms. The summed E-state index contributed by atoms with van der Waals surface area (Å²) in [4.78, 5) is 34.5. The van der Waals surface area contributed by atoms with Gasteiger partial charge < -0.3 is 19.7 Å². The van der Waals surface area contributed by atoms with Crippen molar-refractivity contribution in [2.45, 2.75) is 49.6 Å². The first-order valence-electron chi connectivity index (χ1n) is 14.9. The van der Waals surface area contributed by atoms with Crippen LogP contribution in [0.1, 0.15) is 53.5 Å². The number of allylic oxidation sites excluding steroid dienone is 2. The minimum absolute atomic E-state index is 0.0722. The van der Waals surface area contributed by atoms with Crippen molar-refractivity contribution in [3.63, 3.8) is 0 Å². The number of rotatable bonds is 11. The van der Waals surface area contributed by atoms with E-state index in [1.807, 2.05) is 25.2 Å². The molecule has 11 heteroatoms. The van der Waals surface area contributed by atoms with Crippen molar-refractivity contribution in [3.05, 3.63) is 90.0 Å². The number of piperidine rings is 2. The summed E-state index contributed by atoms with van der Waals surface area (Å²) in [5.74, 6) is 1.02. The molecule has 1 aromatic carbocycles. The Bertz CT molecular complexity index is 1470. The van der Waals surface area contributed by atoms with Crippen molar-refractivity contribution in [2.75, 3.05) is 46.1 Å². The molecule has 1 N–H and O–H groups in total. The number of methoxy groups -OCH3 is 1. The van der Waals surface area contributed by atoms with E-state index in [1.54, 1.807) is 36.3 Å². The van der Waals surface area contributed by atoms with Gasteiger partial charge >= 0.3 is 0 Å². The fourth-order valence-corrected chi connectivity index (χ4v) is 5.91. The zero-order valence-corrected chi connectivity index (χ0v) is 26.5. The van der Waals surface area contributed by atoms with E-state index < -0.39 is 9.84 Å². The maximum Gasteiger partial charge on any atom is 0.272 e. The lowest BCUT2D eigenvalue weighted by Crippen LogP contribution is -2.45. The van der Waals surface area contributed by atoms with Gasteiger partial charge in [0.05, 0.1) is 17.6 Å². The third kappa shape index (κ3) is 9.27. The number of carbonyl (C=O) groups is 2. The molecule has 2 saturated heterocycles. The Balaban J connectivity index is 1.19. The number of nitrogens with zero attached hydrogens (tertiary/aromatic N) is 3. The molecule has 3 heterocycles. The van der Waals surface area contributed by atoms with Crippen molar-refractivity contribution in [3.8, 4) is 5.75 Å². The monoisotopic (exact) mass is 622 g/mol. The first-order valence-corrected chi connectivity index (χ1v) is 16.8. The van der Waals surface area contributed by atoms with Crippen molar-refractivity contribution in [1.82, 2.24) is 20.1 Å². The highest BCUT2D eigenvalue weighted by Gasteiger charge is 2.26. The predicted molar refractivity (Wildman–Crippen MR) is 169 cm³/mol. The molecule has 0 radical (unpaired) electrons. The predicted octanol–water partition coefficient (Wildman–Crippen LogP) is 4.03. The van der Waals surface area contributed by atoms with Gasteiger partial charge in [0.2, 0.25) is 0 Å². The lowest BCUT2D eigenvalue weighted by atomic mass is 10.0. The van der Waals surface area contributed by atoms with Gasteiger partial charge in [-0.25, -0.2) is 8.42 Å². The summed E-state index contributed by atoms with van der Waals surface area (Å²) in [6, 6.07) is 9.70. The van der Waals surface area contributed by atoms with Gasteiger partial charge in [-0.2, -0.15) is 0 Å². The largest absolute Gasteiger partial charge is 0.497 e. The van der Waals surface area contributed by atoms with Crippen LogP contribution in [0.2, 0.25) is 0 Å². The highest BCUT2D eigenvalue weighted by atomic mass is 32.2. The van der Waals surface area contributed by atoms with Crippen LogP contribution in [0.25, 0.3) is 0 Å². The van der Waals surface area contributed by atoms with Crippen molar-refractivity contribution in [2.24, 2.45) is 0 Å². The second kappa shape index (κ2) is 15.2. The van der Waals surface area contributed by atoms with Gasteiger partial charge in [0.15, 0.2) is 9.84 Å². The number of amides is 2. The normalized spacial score (nSPS) is 17.4. The molecule has 0 saturated carbocycles. The standard InChI is InChI=1S/C33H42N4O6S/c1-5-27(42-3)8-6-24(2)23-36-18-14-26(15-19-36)35-32(38)25-7-13-31(34-22-25)33(39)37-20-16-29(17-21-37)43-28-9-11-30(12-10-28)44(4,40)41/h5-13,22,26,29H,2,14-21,23H2,1,3-4H3,(H,35,38)/b8-6-,27-5+. The molecule has 4 rings (SSSR count). The number of carbonyl (C=O) groups excluding carboxylic acids is 2. The third-order valence-electron chi connectivity index (χ3n) is 7.88. The molecule has 1 aromatic heterocycles. The molecule has 10 nitrogen and oxygen atoms in total. The van der Waals surface area contributed by atoms with E-state index in [9.17, 15) is 18.0 Å². The Kier molecular flexibility index (Phi) is 11.4. The molecule has 44 heavy (non-hydrogen) atoms. The Hall–Kier alpha value is -3.96. The second-order valence-electron chi connectivity index (χ2n) is 11.2. The number of sulfone groups is 1. The molecule has 0 aliphatic carbocycles. The molecule has 2 aliphatic rings. The van der Waals surface area contributed by atoms with Crippen LogP contribution in [0, 0.1) is 0 Å². The maximum absolute atomic E-state index is 13.0. The second-order valence-corrected chi connectivity index (χ2v) is 13.2. The van der Waals surface area contributed by atoms with Crippen LogP contribution in [-0.4, -0.2) is 93.3 Å². The first-order chi connectivity index (χ1) is 21.0. The summed E-state index contributed by atoms with van der Waals surface area (Å²) in [7, 11) is -1.62. The van der Waals surface area contributed by atoms with Gasteiger partial charge in [-0.15, -0.1) is 0 Å². The van der Waals surface area contributed by atoms with Crippen LogP contribution in [-0.2, 0) is 14.6 Å². The molecule has 0 atom stereocenters. The Morgan fingerprint density at radius 3 is 2.27 bits per heavy atom. The Morgan fingerprint density at radius 1 is 1.02 bits per heavy atom. The number of benzene rings is 1. The molecular formula is C33H42N4O6S. The third-order valence-corrected chi connectivity index (χ3v) is 9.01. The van der Waals surface area contributed by atoms with E-state index in [0.717, 1.165) is 43.8 Å². The SMILES string of the molecule is C=C(/C=C\C(=C/C)OC)CN1CCC(NC(=O)c2ccc(C(=O)N3CCC(Oc4ccc(S(C)(=O)=O)cc4)CC3)nc2)CC1. The number of hydrogen-bond donors (Lipinski definition) is 1. The maximum atomic E-state index is 13.0. The highest BCUT2D eigenvalue weighted by Crippen LogP contribution is 2.22. The Morgan fingerprint density at radius 2 is 1.70 bits per heavy atom. The summed E-state index contributed by atoms with van der Waals surface area (Å²) in [6.07, 6.45) is 11.3. The molecule has 0 unspecified atom stereocenters. The quantitative estimate of drug-likeness (QED) is 0.295. The average molecular weight is 623 g/mol. The fourth-order valence-electron chi connectivity index (χ4n) is 5.28. The first kappa shape index (κ1) is 32.9. The molecule has 2 aromatic rings. The zero-order valence-electron chi connectivity index (χ0n) is 25.7. The van der Waals surface area contributed by atoms with Crippen LogP contribution in [0.15, 0.2) is 83.6 Å². The van der Waals surface area contributed by atoms with Crippen LogP contribution in [0.4, 0.5) is 0 Å². The van der Waals surface area contributed by atoms with Gasteiger partial charge in [0.1, 0.15) is 23.3 Å². The van der Waals surface area contributed by atoms with E-state index in [4.69, 9.17) is 9.47 Å². The number of pyridine rings is 1. The molecule has 0 bridgehead atoms. The van der Waals surface area contributed by atoms with E-state index in [1.165, 1.54) is 24.6 Å². The van der Waals surface area contributed by atoms with Crippen LogP contribution >= 0.6 is 0 Å². The number of likely N-dealkylation sites (tertiary alicyclic amines) is 2. The lowest BCUT2D eigenvalue weighted by molar-refractivity contribution is 0.0589. The minimum atomic E-state index is -3.26. The highest BCUT2D eigenvalue weighted by molar-refractivity contribution is 7.90. The summed E-state index contributed by atoms with van der Waals surface area (Å²) < 4.78 is 34.5. The smallest absolute Gasteiger partial charge is 0.272 e. The topological polar surface area (TPSA) is 118 Å². The number of hydrogen-bond acceptors (Lipinski definition) is 8. The van der Waals surface area contributed by atoms with Crippen LogP contribution in [0.5, 0.6) is 5.75 Å². The minimum Gasteiger partial charge on any atom is -0.497 e. The summed E-state index contributed by atoms with van der Waals surface area (Å²) >= 11 is 0. The van der Waals surface area contributed by atoms with Gasteiger partial charge in [0.25, 0.3) is 11.8 Å². The van der Waals surface area contributed by atoms with Gasteiger partial charge in [-0.1, -0.05) is 12.7 Å². The van der Waals surface area contributed by atoms with Gasteiger partial charge in [-0.05, 0) is 73.9 Å². The van der Waals surface area contributed by atoms with Crippen LogP contribution in [0.3, 0.4) is 0 Å². The molecule has 236 valence electrons. The zero-order chi connectivity index (χ0) is 31.7. The summed E-state index contributed by atoms with van der Waals surface area (Å²) in [5, 5.41) is 3.11. The van der Waals surface area contributed by atoms with Crippen molar-refractivity contribution < 1.29 is 27.5 Å². The molecular weight excluding hydrogens is 580 g/mol. The van der Waals surface area contributed by atoms with Gasteiger partial charge in [-0.3, -0.25) is 19.5 Å². The Labute approximate surface area is 260 Å². The fraction of sp³-hybridized carbons (Fsp3) is 0.424. The molecule has 2 fully saturated rings. The lowest BCUT2D eigenvalue weighted by Gasteiger charge is -2.32. The van der Waals surface area contributed by atoms with Crippen molar-refractivity contribution in [1.29, 1.82) is 0 Å². The van der Waals surface area contributed by atoms with E-state index in [-0.39, 0.29) is 28.9 Å². The molecule has 2 aliphatic heterocycles. The summed E-state index contributed by atoms with van der Waals surface area (Å²) in [6.45, 7) is 9.58. The van der Waals surface area contributed by atoms with Gasteiger partial charge in [0, 0.05) is 64.1 Å². The number of aromatic nitrogens is 1.